The topological polar surface area (TPSA) is 122 Å². The van der Waals surface area contributed by atoms with Gasteiger partial charge >= 0.3 is 11.9 Å². The summed E-state index contributed by atoms with van der Waals surface area (Å²) in [5.41, 5.74) is 7.64. The van der Waals surface area contributed by atoms with E-state index in [1.807, 2.05) is 98.8 Å². The van der Waals surface area contributed by atoms with Gasteiger partial charge in [-0.2, -0.15) is 0 Å². The van der Waals surface area contributed by atoms with Crippen molar-refractivity contribution in [2.24, 2.45) is 0 Å². The van der Waals surface area contributed by atoms with Gasteiger partial charge in [-0.05, 0) is 95.8 Å². The minimum absolute atomic E-state index is 0.0892. The van der Waals surface area contributed by atoms with Crippen LogP contribution in [0.1, 0.15) is 49.9 Å². The summed E-state index contributed by atoms with van der Waals surface area (Å²) < 4.78 is 0. The van der Waals surface area contributed by atoms with Crippen LogP contribution in [-0.2, 0) is 32.0 Å². The van der Waals surface area contributed by atoms with Crippen LogP contribution in [0.4, 0.5) is 22.7 Å². The highest BCUT2D eigenvalue weighted by Gasteiger charge is 2.31. The average molecular weight is 925 g/mol. The minimum atomic E-state index is -1.16. The fraction of sp³-hybridized carbons (Fsp3) is 0.333. The molecular formula is C48H54Cl4N4O6. The molecule has 4 aromatic carbocycles. The molecule has 2 atom stereocenters. The SMILES string of the molecule is C/C=C(\C(=C\C)c1ccc(N(C(C)=O)[C@@H](Cc2ccc(N(CCCl)CCCl)cc2)C(=O)O)cc1)c1ccc(N(C(C)=O)[C@@H](Cc2ccc(N(CCCl)CCCl)cc2)C(=O)O)cc1. The van der Waals surface area contributed by atoms with Crippen molar-refractivity contribution in [2.75, 3.05) is 69.3 Å². The standard InChI is InChI=1S/C48H54Cl4N4O6/c1-5-43(37-11-19-41(20-12-37)55(33(3)57)45(47(59)60)31-35-7-15-39(16-8-35)53(27-23-49)28-24-50)44(6-2)38-13-21-42(22-14-38)56(34(4)58)46(48(61)62)32-36-9-17-40(18-10-36)54(29-25-51)30-26-52/h5-22,45-46H,23-32H2,1-4H3,(H,59,60)(H,61,62)/b43-5-,44-6+/t45-,46-/m0/s1. The van der Waals surface area contributed by atoms with Crippen LogP contribution in [-0.4, -0.2) is 95.7 Å². The van der Waals surface area contributed by atoms with Crippen molar-refractivity contribution in [1.82, 2.24) is 0 Å². The molecule has 330 valence electrons. The van der Waals surface area contributed by atoms with E-state index in [1.54, 1.807) is 24.3 Å². The Hall–Kier alpha value is -5.00. The van der Waals surface area contributed by atoms with Gasteiger partial charge in [-0.1, -0.05) is 60.7 Å². The molecule has 0 heterocycles. The highest BCUT2D eigenvalue weighted by Crippen LogP contribution is 2.34. The van der Waals surface area contributed by atoms with Gasteiger partial charge < -0.3 is 20.0 Å². The summed E-state index contributed by atoms with van der Waals surface area (Å²) in [4.78, 5) is 58.3. The molecule has 0 unspecified atom stereocenters. The monoisotopic (exact) mass is 922 g/mol. The molecule has 0 bridgehead atoms. The lowest BCUT2D eigenvalue weighted by atomic mass is 9.91. The second-order valence-electron chi connectivity index (χ2n) is 14.5. The summed E-state index contributed by atoms with van der Waals surface area (Å²) in [5.74, 6) is -1.33. The van der Waals surface area contributed by atoms with Gasteiger partial charge in [-0.25, -0.2) is 9.59 Å². The maximum Gasteiger partial charge on any atom is 0.327 e. The molecule has 0 fully saturated rings. The van der Waals surface area contributed by atoms with Gasteiger partial charge in [-0.3, -0.25) is 19.4 Å². The molecule has 0 saturated heterocycles. The van der Waals surface area contributed by atoms with Crippen LogP contribution in [0.3, 0.4) is 0 Å². The Kier molecular flexibility index (Phi) is 19.7. The Morgan fingerprint density at radius 3 is 0.984 bits per heavy atom. The molecule has 2 amide bonds. The molecule has 4 aromatic rings. The zero-order valence-electron chi connectivity index (χ0n) is 35.4. The van der Waals surface area contributed by atoms with Crippen molar-refractivity contribution >= 4 is 104 Å². The van der Waals surface area contributed by atoms with E-state index < -0.39 is 35.8 Å². The van der Waals surface area contributed by atoms with E-state index in [2.05, 4.69) is 9.80 Å². The smallest absolute Gasteiger partial charge is 0.327 e. The minimum Gasteiger partial charge on any atom is -0.480 e. The van der Waals surface area contributed by atoms with Crippen molar-refractivity contribution in [3.63, 3.8) is 0 Å². The number of carbonyl (C=O) groups excluding carboxylic acids is 2. The van der Waals surface area contributed by atoms with Crippen molar-refractivity contribution < 1.29 is 29.4 Å². The first-order valence-electron chi connectivity index (χ1n) is 20.3. The van der Waals surface area contributed by atoms with Crippen LogP contribution in [0.2, 0.25) is 0 Å². The van der Waals surface area contributed by atoms with Crippen molar-refractivity contribution in [1.29, 1.82) is 0 Å². The van der Waals surface area contributed by atoms with Gasteiger partial charge in [0.2, 0.25) is 11.8 Å². The molecular weight excluding hydrogens is 870 g/mol. The molecule has 0 saturated carbocycles. The Labute approximate surface area is 384 Å². The average Bonchev–Trinajstić information content (AvgIpc) is 3.25. The summed E-state index contributed by atoms with van der Waals surface area (Å²) in [5, 5.41) is 20.7. The second-order valence-corrected chi connectivity index (χ2v) is 16.0. The Morgan fingerprint density at radius 2 is 0.758 bits per heavy atom. The summed E-state index contributed by atoms with van der Waals surface area (Å²) in [6.07, 6.45) is 4.10. The second kappa shape index (κ2) is 24.6. The Morgan fingerprint density at radius 1 is 0.484 bits per heavy atom. The number of carboxylic acid groups (broad SMARTS) is 2. The third-order valence-corrected chi connectivity index (χ3v) is 11.2. The predicted molar refractivity (Wildman–Crippen MR) is 257 cm³/mol. The number of halogens is 4. The number of hydrogen-bond donors (Lipinski definition) is 2. The van der Waals surface area contributed by atoms with Crippen molar-refractivity contribution in [3.05, 3.63) is 131 Å². The number of nitrogens with zero attached hydrogens (tertiary/aromatic N) is 4. The van der Waals surface area contributed by atoms with Gasteiger partial charge in [0, 0.05) is 99.1 Å². The summed E-state index contributed by atoms with van der Waals surface area (Å²) in [6, 6.07) is 27.1. The molecule has 10 nitrogen and oxygen atoms in total. The predicted octanol–water partition coefficient (Wildman–Crippen LogP) is 9.86. The largest absolute Gasteiger partial charge is 0.480 e. The number of anilines is 4. The number of benzene rings is 4. The number of alkyl halides is 4. The molecule has 2 N–H and O–H groups in total. The van der Waals surface area contributed by atoms with Crippen molar-refractivity contribution in [3.8, 4) is 0 Å². The zero-order valence-corrected chi connectivity index (χ0v) is 38.5. The van der Waals surface area contributed by atoms with Gasteiger partial charge in [0.1, 0.15) is 12.1 Å². The number of carboxylic acids is 2. The molecule has 0 aliphatic rings. The van der Waals surface area contributed by atoms with Crippen molar-refractivity contribution in [2.45, 2.75) is 52.6 Å². The molecule has 62 heavy (non-hydrogen) atoms. The molecule has 0 aliphatic carbocycles. The normalized spacial score (nSPS) is 12.6. The molecule has 0 aromatic heterocycles. The van der Waals surface area contributed by atoms with E-state index >= 15 is 0 Å². The van der Waals surface area contributed by atoms with Crippen LogP contribution in [0.25, 0.3) is 11.1 Å². The van der Waals surface area contributed by atoms with Crippen LogP contribution >= 0.6 is 46.4 Å². The van der Waals surface area contributed by atoms with Gasteiger partial charge in [-0.15, -0.1) is 46.4 Å². The van der Waals surface area contributed by atoms with E-state index in [9.17, 15) is 29.4 Å². The van der Waals surface area contributed by atoms with Gasteiger partial charge in [0.25, 0.3) is 0 Å². The quantitative estimate of drug-likeness (QED) is 0.0558. The first-order chi connectivity index (χ1) is 29.8. The number of carbonyl (C=O) groups is 4. The molecule has 4 rings (SSSR count). The maximum atomic E-state index is 13.1. The fourth-order valence-corrected chi connectivity index (χ4v) is 8.40. The number of hydrogen-bond acceptors (Lipinski definition) is 6. The third kappa shape index (κ3) is 13.0. The fourth-order valence-electron chi connectivity index (χ4n) is 7.58. The lowest BCUT2D eigenvalue weighted by Crippen LogP contribution is -2.45. The lowest BCUT2D eigenvalue weighted by molar-refractivity contribution is -0.140. The summed E-state index contributed by atoms with van der Waals surface area (Å²) >= 11 is 23.9. The Bertz CT molecular complexity index is 2000. The highest BCUT2D eigenvalue weighted by atomic mass is 35.5. The number of allylic oxidation sites excluding steroid dienone is 4. The Balaban J connectivity index is 1.55. The van der Waals surface area contributed by atoms with E-state index in [1.165, 1.54) is 23.6 Å². The molecule has 0 spiro atoms. The number of aliphatic carboxylic acids is 2. The van der Waals surface area contributed by atoms with Crippen LogP contribution in [0.5, 0.6) is 0 Å². The third-order valence-electron chi connectivity index (χ3n) is 10.5. The van der Waals surface area contributed by atoms with E-state index in [0.717, 1.165) is 44.8 Å². The van der Waals surface area contributed by atoms with Gasteiger partial charge in [0.15, 0.2) is 0 Å². The summed E-state index contributed by atoms with van der Waals surface area (Å²) in [7, 11) is 0. The van der Waals surface area contributed by atoms with Crippen LogP contribution in [0.15, 0.2) is 109 Å². The highest BCUT2D eigenvalue weighted by molar-refractivity contribution is 6.19. The summed E-state index contributed by atoms with van der Waals surface area (Å²) in [6.45, 7) is 9.01. The maximum absolute atomic E-state index is 13.1. The number of amides is 2. The van der Waals surface area contributed by atoms with E-state index in [-0.39, 0.29) is 12.8 Å². The van der Waals surface area contributed by atoms with E-state index in [0.29, 0.717) is 61.1 Å². The molecule has 0 radical (unpaired) electrons. The van der Waals surface area contributed by atoms with E-state index in [4.69, 9.17) is 46.4 Å². The molecule has 0 aliphatic heterocycles. The zero-order chi connectivity index (χ0) is 45.3. The molecule has 14 heteroatoms. The first-order valence-corrected chi connectivity index (χ1v) is 22.5. The number of rotatable bonds is 23. The first kappa shape index (κ1) is 49.7. The van der Waals surface area contributed by atoms with Crippen LogP contribution in [0, 0.1) is 0 Å². The van der Waals surface area contributed by atoms with Crippen LogP contribution < -0.4 is 19.6 Å². The lowest BCUT2D eigenvalue weighted by Gasteiger charge is -2.29. The van der Waals surface area contributed by atoms with Gasteiger partial charge in [0.05, 0.1) is 0 Å².